The van der Waals surface area contributed by atoms with Crippen LogP contribution in [0.15, 0.2) is 30.3 Å². The summed E-state index contributed by atoms with van der Waals surface area (Å²) in [4.78, 5) is 5.97. The second kappa shape index (κ2) is 5.04. The molecular weight excluding hydrogens is 256 g/mol. The summed E-state index contributed by atoms with van der Waals surface area (Å²) in [5.74, 6) is 0. The largest absolute Gasteiger partial charge is 0.371 e. The van der Waals surface area contributed by atoms with Gasteiger partial charge in [-0.15, -0.1) is 11.3 Å². The molecule has 1 saturated carbocycles. The van der Waals surface area contributed by atoms with Gasteiger partial charge < -0.3 is 10.5 Å². The smallest absolute Gasteiger partial charge is 0.126 e. The molecule has 1 heterocycles. The first-order chi connectivity index (χ1) is 9.29. The van der Waals surface area contributed by atoms with Gasteiger partial charge >= 0.3 is 0 Å². The summed E-state index contributed by atoms with van der Waals surface area (Å²) in [6.45, 7) is 0.529. The third-order valence-corrected chi connectivity index (χ3v) is 5.13. The molecule has 0 bridgehead atoms. The van der Waals surface area contributed by atoms with Gasteiger partial charge in [0.2, 0.25) is 0 Å². The molecule has 0 unspecified atom stereocenters. The molecule has 0 radical (unpaired) electrons. The predicted octanol–water partition coefficient (Wildman–Crippen LogP) is 3.29. The van der Waals surface area contributed by atoms with Crippen molar-refractivity contribution in [2.24, 2.45) is 5.73 Å². The summed E-state index contributed by atoms with van der Waals surface area (Å²) < 4.78 is 5.72. The normalized spacial score (nSPS) is 17.2. The fraction of sp³-hybridized carbons (Fsp3) is 0.400. The zero-order valence-electron chi connectivity index (χ0n) is 11.1. The van der Waals surface area contributed by atoms with Gasteiger partial charge in [-0.3, -0.25) is 0 Å². The number of ether oxygens (including phenoxy) is 1. The molecular formula is C15H18N2OS. The van der Waals surface area contributed by atoms with Gasteiger partial charge in [-0.05, 0) is 19.3 Å². The van der Waals surface area contributed by atoms with Crippen molar-refractivity contribution < 1.29 is 4.74 Å². The maximum absolute atomic E-state index is 5.88. The van der Waals surface area contributed by atoms with Crippen molar-refractivity contribution in [3.05, 3.63) is 40.2 Å². The second-order valence-electron chi connectivity index (χ2n) is 4.91. The van der Waals surface area contributed by atoms with Gasteiger partial charge in [0.15, 0.2) is 0 Å². The van der Waals surface area contributed by atoms with Crippen molar-refractivity contribution in [3.8, 4) is 11.3 Å². The van der Waals surface area contributed by atoms with E-state index < -0.39 is 0 Å². The van der Waals surface area contributed by atoms with Crippen LogP contribution in [-0.2, 0) is 16.9 Å². The van der Waals surface area contributed by atoms with Crippen LogP contribution in [0.25, 0.3) is 11.3 Å². The van der Waals surface area contributed by atoms with E-state index in [1.807, 2.05) is 18.2 Å². The molecule has 1 aromatic heterocycles. The zero-order valence-corrected chi connectivity index (χ0v) is 11.9. The highest BCUT2D eigenvalue weighted by Gasteiger charge is 2.42. The lowest BCUT2D eigenvalue weighted by Crippen LogP contribution is -2.35. The van der Waals surface area contributed by atoms with Crippen molar-refractivity contribution in [1.29, 1.82) is 0 Å². The summed E-state index contributed by atoms with van der Waals surface area (Å²) in [5.41, 5.74) is 7.88. The third kappa shape index (κ3) is 2.10. The lowest BCUT2D eigenvalue weighted by molar-refractivity contribution is -0.0778. The Morgan fingerprint density at radius 2 is 2.05 bits per heavy atom. The minimum Gasteiger partial charge on any atom is -0.371 e. The van der Waals surface area contributed by atoms with E-state index >= 15 is 0 Å². The Bertz CT molecular complexity index is 555. The average Bonchev–Trinajstić information content (AvgIpc) is 2.84. The third-order valence-electron chi connectivity index (χ3n) is 3.87. The van der Waals surface area contributed by atoms with Gasteiger partial charge in [0, 0.05) is 24.1 Å². The number of rotatable bonds is 4. The van der Waals surface area contributed by atoms with Crippen molar-refractivity contribution in [2.75, 3.05) is 7.11 Å². The summed E-state index contributed by atoms with van der Waals surface area (Å²) in [7, 11) is 1.78. The van der Waals surface area contributed by atoms with Gasteiger partial charge in [-0.25, -0.2) is 4.98 Å². The van der Waals surface area contributed by atoms with E-state index in [9.17, 15) is 0 Å². The average molecular weight is 274 g/mol. The molecule has 0 spiro atoms. The summed E-state index contributed by atoms with van der Waals surface area (Å²) in [6.07, 6.45) is 3.34. The highest BCUT2D eigenvalue weighted by Crippen LogP contribution is 2.47. The van der Waals surface area contributed by atoms with E-state index in [-0.39, 0.29) is 5.60 Å². The first-order valence-corrected chi connectivity index (χ1v) is 7.41. The molecule has 1 aliphatic rings. The van der Waals surface area contributed by atoms with Gasteiger partial charge in [-0.1, -0.05) is 30.3 Å². The number of nitrogens with two attached hydrogens (primary N) is 1. The molecule has 3 rings (SSSR count). The Hall–Kier alpha value is -1.23. The second-order valence-corrected chi connectivity index (χ2v) is 6.00. The highest BCUT2D eigenvalue weighted by molar-refractivity contribution is 7.12. The lowest BCUT2D eigenvalue weighted by Gasteiger charge is -2.38. The van der Waals surface area contributed by atoms with Crippen molar-refractivity contribution in [2.45, 2.75) is 31.4 Å². The van der Waals surface area contributed by atoms with E-state index in [0.717, 1.165) is 34.0 Å². The van der Waals surface area contributed by atoms with Crippen molar-refractivity contribution >= 4 is 11.3 Å². The van der Waals surface area contributed by atoms with Crippen LogP contribution in [0.4, 0.5) is 0 Å². The molecule has 19 heavy (non-hydrogen) atoms. The molecule has 3 nitrogen and oxygen atoms in total. The first kappa shape index (κ1) is 12.8. The van der Waals surface area contributed by atoms with Crippen LogP contribution in [0.5, 0.6) is 0 Å². The minimum absolute atomic E-state index is 0.151. The van der Waals surface area contributed by atoms with Crippen LogP contribution in [0.1, 0.15) is 29.1 Å². The van der Waals surface area contributed by atoms with Crippen LogP contribution in [0.3, 0.4) is 0 Å². The monoisotopic (exact) mass is 274 g/mol. The van der Waals surface area contributed by atoms with E-state index in [2.05, 4.69) is 12.1 Å². The topological polar surface area (TPSA) is 48.1 Å². The van der Waals surface area contributed by atoms with E-state index in [4.69, 9.17) is 15.5 Å². The number of benzene rings is 1. The number of methoxy groups -OCH3 is 1. The van der Waals surface area contributed by atoms with Crippen LogP contribution in [0, 0.1) is 0 Å². The lowest BCUT2D eigenvalue weighted by atomic mass is 9.80. The molecule has 1 aliphatic carbocycles. The van der Waals surface area contributed by atoms with Crippen LogP contribution >= 0.6 is 11.3 Å². The Morgan fingerprint density at radius 1 is 1.32 bits per heavy atom. The number of thiazole rings is 1. The van der Waals surface area contributed by atoms with Gasteiger partial charge in [0.1, 0.15) is 10.6 Å². The molecule has 4 heteroatoms. The summed E-state index contributed by atoms with van der Waals surface area (Å²) in [5, 5.41) is 1.08. The van der Waals surface area contributed by atoms with E-state index in [1.54, 1.807) is 18.4 Å². The fourth-order valence-electron chi connectivity index (χ4n) is 2.51. The summed E-state index contributed by atoms with van der Waals surface area (Å²) >= 11 is 1.70. The molecule has 1 fully saturated rings. The number of nitrogens with zero attached hydrogens (tertiary/aromatic N) is 1. The molecule has 0 aliphatic heterocycles. The van der Waals surface area contributed by atoms with Crippen LogP contribution < -0.4 is 5.73 Å². The van der Waals surface area contributed by atoms with Gasteiger partial charge in [0.25, 0.3) is 0 Å². The molecule has 0 saturated heterocycles. The SMILES string of the molecule is COC1(c2nc(-c3ccccc3)c(CN)s2)CCC1. The predicted molar refractivity (Wildman–Crippen MR) is 78.0 cm³/mol. The molecule has 0 amide bonds. The first-order valence-electron chi connectivity index (χ1n) is 6.60. The van der Waals surface area contributed by atoms with Gasteiger partial charge in [-0.2, -0.15) is 0 Å². The Kier molecular flexibility index (Phi) is 3.39. The summed E-state index contributed by atoms with van der Waals surface area (Å²) in [6, 6.07) is 10.2. The molecule has 2 N–H and O–H groups in total. The molecule has 100 valence electrons. The maximum atomic E-state index is 5.88. The Labute approximate surface area is 117 Å². The Balaban J connectivity index is 2.04. The zero-order chi connectivity index (χ0) is 13.3. The molecule has 1 aromatic carbocycles. The minimum atomic E-state index is -0.151. The van der Waals surface area contributed by atoms with E-state index in [0.29, 0.717) is 6.54 Å². The van der Waals surface area contributed by atoms with E-state index in [1.165, 1.54) is 6.42 Å². The van der Waals surface area contributed by atoms with Crippen LogP contribution in [-0.4, -0.2) is 12.1 Å². The quantitative estimate of drug-likeness (QED) is 0.930. The van der Waals surface area contributed by atoms with Gasteiger partial charge in [0.05, 0.1) is 5.69 Å². The maximum Gasteiger partial charge on any atom is 0.126 e. The number of hydrogen-bond donors (Lipinski definition) is 1. The van der Waals surface area contributed by atoms with Crippen molar-refractivity contribution in [3.63, 3.8) is 0 Å². The highest BCUT2D eigenvalue weighted by atomic mass is 32.1. The molecule has 0 atom stereocenters. The number of hydrogen-bond acceptors (Lipinski definition) is 4. The standard InChI is InChI=1S/C15H18N2OS/c1-18-15(8-5-9-15)14-17-13(12(10-16)19-14)11-6-3-2-4-7-11/h2-4,6-7H,5,8-10,16H2,1H3. The fourth-order valence-corrected chi connectivity index (χ4v) is 3.70. The number of aromatic nitrogens is 1. The van der Waals surface area contributed by atoms with Crippen LogP contribution in [0.2, 0.25) is 0 Å². The Morgan fingerprint density at radius 3 is 2.58 bits per heavy atom. The van der Waals surface area contributed by atoms with Crippen molar-refractivity contribution in [1.82, 2.24) is 4.98 Å². The molecule has 2 aromatic rings.